The summed E-state index contributed by atoms with van der Waals surface area (Å²) in [6.07, 6.45) is 0.330. The summed E-state index contributed by atoms with van der Waals surface area (Å²) in [5.41, 5.74) is 0. The lowest BCUT2D eigenvalue weighted by Crippen LogP contribution is -2.47. The molecule has 0 aromatic rings. The monoisotopic (exact) mass is 374 g/mol. The van der Waals surface area contributed by atoms with Gasteiger partial charge in [-0.05, 0) is 34.4 Å². The number of amides is 3. The van der Waals surface area contributed by atoms with E-state index in [1.165, 1.54) is 4.90 Å². The second kappa shape index (κ2) is 7.90. The number of nitrogens with zero attached hydrogens (tertiary/aromatic N) is 2. The van der Waals surface area contributed by atoms with Crippen molar-refractivity contribution in [3.63, 3.8) is 0 Å². The maximum absolute atomic E-state index is 12.5. The summed E-state index contributed by atoms with van der Waals surface area (Å²) >= 11 is 0. The van der Waals surface area contributed by atoms with Crippen molar-refractivity contribution in [1.29, 1.82) is 0 Å². The second-order valence-electron chi connectivity index (χ2n) is 7.57. The molecule has 2 fully saturated rings. The Balaban J connectivity index is 2.07. The van der Waals surface area contributed by atoms with Crippen LogP contribution in [0.25, 0.3) is 0 Å². The maximum atomic E-state index is 12.5. The molecule has 0 radical (unpaired) electrons. The van der Waals surface area contributed by atoms with Gasteiger partial charge in [0.25, 0.3) is 0 Å². The molecule has 3 amide bonds. The standard InChI is InChI=1S/C16H30N4O4S/c1-11(2)18-16(22)20-9-13-12(15(21)17-6-7-19(3)4)5-8-25(23,24)14(13)10-20/h11-14H,5-10H2,1-4H3,(H,17,21)(H,18,22)/t12-,13+,14+/m0/s1. The number of likely N-dealkylation sites (N-methyl/N-ethyl adjacent to an activating group) is 1. The van der Waals surface area contributed by atoms with Gasteiger partial charge in [0.2, 0.25) is 5.91 Å². The molecule has 0 spiro atoms. The highest BCUT2D eigenvalue weighted by atomic mass is 32.2. The van der Waals surface area contributed by atoms with Gasteiger partial charge in [-0.1, -0.05) is 0 Å². The Morgan fingerprint density at radius 2 is 1.92 bits per heavy atom. The summed E-state index contributed by atoms with van der Waals surface area (Å²) in [4.78, 5) is 28.3. The van der Waals surface area contributed by atoms with E-state index in [-0.39, 0.29) is 42.1 Å². The Hall–Kier alpha value is -1.35. The van der Waals surface area contributed by atoms with E-state index < -0.39 is 15.1 Å². The highest BCUT2D eigenvalue weighted by Gasteiger charge is 2.51. The molecule has 2 aliphatic heterocycles. The van der Waals surface area contributed by atoms with Crippen LogP contribution in [-0.4, -0.2) is 87.5 Å². The van der Waals surface area contributed by atoms with E-state index in [9.17, 15) is 18.0 Å². The third-order valence-corrected chi connectivity index (χ3v) is 7.12. The molecule has 9 heteroatoms. The summed E-state index contributed by atoms with van der Waals surface area (Å²) in [6.45, 7) is 5.47. The number of sulfone groups is 1. The van der Waals surface area contributed by atoms with Crippen LogP contribution in [0, 0.1) is 11.8 Å². The minimum atomic E-state index is -3.27. The number of rotatable bonds is 5. The second-order valence-corrected chi connectivity index (χ2v) is 9.91. The van der Waals surface area contributed by atoms with Gasteiger partial charge in [-0.25, -0.2) is 13.2 Å². The minimum absolute atomic E-state index is 0.0135. The fraction of sp³-hybridized carbons (Fsp3) is 0.875. The van der Waals surface area contributed by atoms with Crippen LogP contribution in [-0.2, 0) is 14.6 Å². The normalized spacial score (nSPS) is 28.1. The largest absolute Gasteiger partial charge is 0.355 e. The van der Waals surface area contributed by atoms with E-state index in [1.807, 2.05) is 32.8 Å². The molecule has 2 aliphatic rings. The Labute approximate surface area is 150 Å². The molecule has 2 N–H and O–H groups in total. The van der Waals surface area contributed by atoms with E-state index in [2.05, 4.69) is 10.6 Å². The number of urea groups is 1. The van der Waals surface area contributed by atoms with Gasteiger partial charge in [0, 0.05) is 44.1 Å². The van der Waals surface area contributed by atoms with Crippen LogP contribution in [0.15, 0.2) is 0 Å². The average Bonchev–Trinajstić information content (AvgIpc) is 2.92. The smallest absolute Gasteiger partial charge is 0.317 e. The average molecular weight is 375 g/mol. The van der Waals surface area contributed by atoms with E-state index in [4.69, 9.17) is 0 Å². The van der Waals surface area contributed by atoms with Gasteiger partial charge >= 0.3 is 6.03 Å². The summed E-state index contributed by atoms with van der Waals surface area (Å²) in [7, 11) is 0.591. The quantitative estimate of drug-likeness (QED) is 0.677. The van der Waals surface area contributed by atoms with Gasteiger partial charge in [0.15, 0.2) is 9.84 Å². The first-order valence-corrected chi connectivity index (χ1v) is 10.5. The van der Waals surface area contributed by atoms with Crippen molar-refractivity contribution >= 4 is 21.8 Å². The lowest BCUT2D eigenvalue weighted by molar-refractivity contribution is -0.126. The third kappa shape index (κ3) is 4.84. The van der Waals surface area contributed by atoms with Crippen LogP contribution in [0.2, 0.25) is 0 Å². The maximum Gasteiger partial charge on any atom is 0.317 e. The summed E-state index contributed by atoms with van der Waals surface area (Å²) < 4.78 is 24.9. The van der Waals surface area contributed by atoms with E-state index >= 15 is 0 Å². The molecular weight excluding hydrogens is 344 g/mol. The molecule has 2 heterocycles. The summed E-state index contributed by atoms with van der Waals surface area (Å²) in [5.74, 6) is -0.763. The Morgan fingerprint density at radius 1 is 1.24 bits per heavy atom. The first-order valence-electron chi connectivity index (χ1n) is 8.81. The molecule has 8 nitrogen and oxygen atoms in total. The number of fused-ring (bicyclic) bond motifs is 1. The molecule has 0 saturated carbocycles. The molecular formula is C16H30N4O4S. The molecule has 25 heavy (non-hydrogen) atoms. The number of nitrogens with one attached hydrogen (secondary N) is 2. The lowest BCUT2D eigenvalue weighted by Gasteiger charge is -2.31. The molecule has 144 valence electrons. The zero-order chi connectivity index (χ0) is 18.8. The number of hydrogen-bond donors (Lipinski definition) is 2. The van der Waals surface area contributed by atoms with Crippen LogP contribution in [0.3, 0.4) is 0 Å². The van der Waals surface area contributed by atoms with Crippen molar-refractivity contribution in [2.45, 2.75) is 31.6 Å². The SMILES string of the molecule is CC(C)NC(=O)N1C[C@@H]2[C@@H](C(=O)NCCN(C)C)CCS(=O)(=O)[C@@H]2C1. The summed E-state index contributed by atoms with van der Waals surface area (Å²) in [5, 5.41) is 5.07. The molecule has 0 aromatic carbocycles. The van der Waals surface area contributed by atoms with Gasteiger partial charge in [-0.15, -0.1) is 0 Å². The van der Waals surface area contributed by atoms with Gasteiger partial charge < -0.3 is 20.4 Å². The number of hydrogen-bond acceptors (Lipinski definition) is 5. The van der Waals surface area contributed by atoms with Gasteiger partial charge in [-0.2, -0.15) is 0 Å². The van der Waals surface area contributed by atoms with E-state index in [0.29, 0.717) is 19.5 Å². The highest BCUT2D eigenvalue weighted by molar-refractivity contribution is 7.92. The van der Waals surface area contributed by atoms with Gasteiger partial charge in [-0.3, -0.25) is 4.79 Å². The molecule has 0 aliphatic carbocycles. The minimum Gasteiger partial charge on any atom is -0.355 e. The topological polar surface area (TPSA) is 98.8 Å². The van der Waals surface area contributed by atoms with Crippen LogP contribution in [0.4, 0.5) is 4.79 Å². The lowest BCUT2D eigenvalue weighted by atomic mass is 9.87. The van der Waals surface area contributed by atoms with Crippen LogP contribution in [0.5, 0.6) is 0 Å². The first kappa shape index (κ1) is 20.0. The van der Waals surface area contributed by atoms with E-state index in [1.54, 1.807) is 0 Å². The number of likely N-dealkylation sites (tertiary alicyclic amines) is 1. The third-order valence-electron chi connectivity index (χ3n) is 4.89. The predicted molar refractivity (Wildman–Crippen MR) is 96.0 cm³/mol. The predicted octanol–water partition coefficient (Wildman–Crippen LogP) is -0.483. The summed E-state index contributed by atoms with van der Waals surface area (Å²) in [6, 6.07) is -0.275. The zero-order valence-corrected chi connectivity index (χ0v) is 16.3. The van der Waals surface area contributed by atoms with Crippen molar-refractivity contribution < 1.29 is 18.0 Å². The molecule has 0 unspecified atom stereocenters. The van der Waals surface area contributed by atoms with Crippen molar-refractivity contribution in [3.05, 3.63) is 0 Å². The van der Waals surface area contributed by atoms with Crippen LogP contribution in [0.1, 0.15) is 20.3 Å². The molecule has 0 bridgehead atoms. The number of carbonyl (C=O) groups excluding carboxylic acids is 2. The van der Waals surface area contributed by atoms with Crippen molar-refractivity contribution in [2.75, 3.05) is 46.0 Å². The zero-order valence-electron chi connectivity index (χ0n) is 15.5. The van der Waals surface area contributed by atoms with Crippen LogP contribution < -0.4 is 10.6 Å². The Morgan fingerprint density at radius 3 is 2.52 bits per heavy atom. The first-order chi connectivity index (χ1) is 11.6. The molecule has 3 atom stereocenters. The highest BCUT2D eigenvalue weighted by Crippen LogP contribution is 2.37. The van der Waals surface area contributed by atoms with E-state index in [0.717, 1.165) is 6.54 Å². The fourth-order valence-electron chi connectivity index (χ4n) is 3.59. The van der Waals surface area contributed by atoms with Crippen LogP contribution >= 0.6 is 0 Å². The van der Waals surface area contributed by atoms with Crippen molar-refractivity contribution in [3.8, 4) is 0 Å². The van der Waals surface area contributed by atoms with Crippen molar-refractivity contribution in [2.24, 2.45) is 11.8 Å². The van der Waals surface area contributed by atoms with Gasteiger partial charge in [0.1, 0.15) is 0 Å². The van der Waals surface area contributed by atoms with Gasteiger partial charge in [0.05, 0.1) is 11.0 Å². The Bertz CT molecular complexity index is 605. The molecule has 2 saturated heterocycles. The number of carbonyl (C=O) groups is 2. The molecule has 0 aromatic heterocycles. The van der Waals surface area contributed by atoms with Crippen molar-refractivity contribution in [1.82, 2.24) is 20.4 Å². The molecule has 2 rings (SSSR count). The fourth-order valence-corrected chi connectivity index (χ4v) is 5.69. The Kier molecular flexibility index (Phi) is 6.31.